The Morgan fingerprint density at radius 2 is 1.72 bits per heavy atom. The standard InChI is InChI=1S/C17H14N/c1-12-6-8-14(9-7-12)16-11-10-15-5-3-4-13(2)17(15)18-16/h3-10H,1-2H3. The molecule has 87 valence electrons. The largest absolute Gasteiger partial charge is 0.247 e. The Bertz CT molecular complexity index is 696. The minimum Gasteiger partial charge on any atom is -0.247 e. The molecule has 2 aromatic carbocycles. The lowest BCUT2D eigenvalue weighted by molar-refractivity contribution is 1.35. The van der Waals surface area contributed by atoms with E-state index in [9.17, 15) is 0 Å². The van der Waals surface area contributed by atoms with Gasteiger partial charge in [0.1, 0.15) is 0 Å². The highest BCUT2D eigenvalue weighted by Crippen LogP contribution is 2.22. The van der Waals surface area contributed by atoms with Crippen molar-refractivity contribution in [3.63, 3.8) is 0 Å². The summed E-state index contributed by atoms with van der Waals surface area (Å²) < 4.78 is 0. The molecular weight excluding hydrogens is 218 g/mol. The predicted octanol–water partition coefficient (Wildman–Crippen LogP) is 4.32. The normalized spacial score (nSPS) is 10.8. The van der Waals surface area contributed by atoms with E-state index in [0.717, 1.165) is 22.2 Å². The second-order valence-corrected chi connectivity index (χ2v) is 4.63. The first kappa shape index (κ1) is 11.0. The first-order chi connectivity index (χ1) is 8.74. The summed E-state index contributed by atoms with van der Waals surface area (Å²) in [7, 11) is 0. The molecule has 0 bridgehead atoms. The number of fused-ring (bicyclic) bond motifs is 1. The Morgan fingerprint density at radius 3 is 2.50 bits per heavy atom. The zero-order valence-corrected chi connectivity index (χ0v) is 10.6. The summed E-state index contributed by atoms with van der Waals surface area (Å²) >= 11 is 0. The molecule has 3 aromatic rings. The van der Waals surface area contributed by atoms with Gasteiger partial charge in [-0.2, -0.15) is 0 Å². The first-order valence-electron chi connectivity index (χ1n) is 6.09. The minimum absolute atomic E-state index is 0.914. The molecule has 0 aliphatic carbocycles. The van der Waals surface area contributed by atoms with Crippen LogP contribution in [-0.4, -0.2) is 4.98 Å². The van der Waals surface area contributed by atoms with Gasteiger partial charge in [0, 0.05) is 17.0 Å². The quantitative estimate of drug-likeness (QED) is 0.609. The number of hydrogen-bond acceptors (Lipinski definition) is 1. The van der Waals surface area contributed by atoms with Crippen LogP contribution in [0.25, 0.3) is 22.2 Å². The third-order valence-corrected chi connectivity index (χ3v) is 3.18. The number of pyridine rings is 1. The maximum atomic E-state index is 4.72. The van der Waals surface area contributed by atoms with Crippen molar-refractivity contribution in [1.82, 2.24) is 4.98 Å². The molecule has 1 heterocycles. The number of aryl methyl sites for hydroxylation is 2. The highest BCUT2D eigenvalue weighted by atomic mass is 14.7. The fraction of sp³-hybridized carbons (Fsp3) is 0.118. The van der Waals surface area contributed by atoms with Crippen LogP contribution in [0.2, 0.25) is 0 Å². The molecule has 18 heavy (non-hydrogen) atoms. The summed E-state index contributed by atoms with van der Waals surface area (Å²) in [4.78, 5) is 4.72. The van der Waals surface area contributed by atoms with Gasteiger partial charge in [0.05, 0.1) is 11.2 Å². The molecular formula is C17H14N. The summed E-state index contributed by atoms with van der Waals surface area (Å²) in [6.45, 7) is 4.18. The van der Waals surface area contributed by atoms with E-state index in [2.05, 4.69) is 62.4 Å². The fourth-order valence-corrected chi connectivity index (χ4v) is 2.10. The van der Waals surface area contributed by atoms with Crippen LogP contribution < -0.4 is 0 Å². The van der Waals surface area contributed by atoms with Crippen LogP contribution in [0.1, 0.15) is 11.1 Å². The molecule has 0 amide bonds. The van der Waals surface area contributed by atoms with Crippen LogP contribution in [0.3, 0.4) is 0 Å². The highest BCUT2D eigenvalue weighted by molar-refractivity contribution is 5.83. The van der Waals surface area contributed by atoms with Crippen LogP contribution in [0.4, 0.5) is 0 Å². The topological polar surface area (TPSA) is 12.9 Å². The van der Waals surface area contributed by atoms with Crippen molar-refractivity contribution < 1.29 is 0 Å². The van der Waals surface area contributed by atoms with Crippen LogP contribution in [-0.2, 0) is 0 Å². The van der Waals surface area contributed by atoms with Gasteiger partial charge in [0.15, 0.2) is 0 Å². The van der Waals surface area contributed by atoms with Gasteiger partial charge < -0.3 is 0 Å². The minimum atomic E-state index is 0.914. The molecule has 0 spiro atoms. The summed E-state index contributed by atoms with van der Waals surface area (Å²) in [5.41, 5.74) is 5.56. The molecule has 0 N–H and O–H groups in total. The molecule has 1 nitrogen and oxygen atoms in total. The smallest absolute Gasteiger partial charge is 0.0788 e. The van der Waals surface area contributed by atoms with E-state index in [1.165, 1.54) is 11.1 Å². The number of aromatic nitrogens is 1. The van der Waals surface area contributed by atoms with Crippen LogP contribution in [0.15, 0.2) is 48.5 Å². The third-order valence-electron chi connectivity index (χ3n) is 3.18. The fourth-order valence-electron chi connectivity index (χ4n) is 2.10. The maximum Gasteiger partial charge on any atom is 0.0788 e. The Labute approximate surface area is 107 Å². The molecule has 0 unspecified atom stereocenters. The summed E-state index contributed by atoms with van der Waals surface area (Å²) in [5.74, 6) is 0. The second-order valence-electron chi connectivity index (χ2n) is 4.63. The van der Waals surface area contributed by atoms with E-state index >= 15 is 0 Å². The van der Waals surface area contributed by atoms with Gasteiger partial charge in [-0.3, -0.25) is 0 Å². The number of para-hydroxylation sites is 1. The predicted molar refractivity (Wildman–Crippen MR) is 75.5 cm³/mol. The van der Waals surface area contributed by atoms with Crippen LogP contribution in [0, 0.1) is 19.9 Å². The summed E-state index contributed by atoms with van der Waals surface area (Å²) in [6.07, 6.45) is 0. The average Bonchev–Trinajstić information content (AvgIpc) is 2.40. The second kappa shape index (κ2) is 4.26. The van der Waals surface area contributed by atoms with Crippen molar-refractivity contribution in [1.29, 1.82) is 0 Å². The van der Waals surface area contributed by atoms with E-state index in [1.807, 2.05) is 6.07 Å². The molecule has 0 saturated heterocycles. The lowest BCUT2D eigenvalue weighted by atomic mass is 10.1. The third kappa shape index (κ3) is 1.88. The maximum absolute atomic E-state index is 4.72. The number of nitrogens with zero attached hydrogens (tertiary/aromatic N) is 1. The van der Waals surface area contributed by atoms with E-state index in [-0.39, 0.29) is 0 Å². The highest BCUT2D eigenvalue weighted by Gasteiger charge is 2.03. The van der Waals surface area contributed by atoms with Gasteiger partial charge in [-0.1, -0.05) is 48.0 Å². The molecule has 0 saturated carbocycles. The zero-order chi connectivity index (χ0) is 12.5. The van der Waals surface area contributed by atoms with Crippen molar-refractivity contribution in [2.75, 3.05) is 0 Å². The molecule has 0 fully saturated rings. The molecule has 0 aliphatic rings. The molecule has 0 atom stereocenters. The van der Waals surface area contributed by atoms with Gasteiger partial charge in [-0.15, -0.1) is 0 Å². The van der Waals surface area contributed by atoms with Crippen LogP contribution >= 0.6 is 0 Å². The van der Waals surface area contributed by atoms with E-state index < -0.39 is 0 Å². The molecule has 3 rings (SSSR count). The zero-order valence-electron chi connectivity index (χ0n) is 10.6. The number of benzene rings is 2. The van der Waals surface area contributed by atoms with Crippen molar-refractivity contribution in [2.45, 2.75) is 13.8 Å². The Kier molecular flexibility index (Phi) is 2.60. The van der Waals surface area contributed by atoms with E-state index in [0.29, 0.717) is 0 Å². The SMILES string of the molecule is Cc1ccc(-c2[c]cc3cccc(C)c3n2)cc1. The van der Waals surface area contributed by atoms with Gasteiger partial charge in [-0.05, 0) is 25.5 Å². The van der Waals surface area contributed by atoms with Gasteiger partial charge >= 0.3 is 0 Å². The monoisotopic (exact) mass is 232 g/mol. The van der Waals surface area contributed by atoms with Crippen molar-refractivity contribution in [3.8, 4) is 11.3 Å². The Morgan fingerprint density at radius 1 is 0.944 bits per heavy atom. The molecule has 1 heteroatoms. The average molecular weight is 232 g/mol. The van der Waals surface area contributed by atoms with Gasteiger partial charge in [0.25, 0.3) is 0 Å². The molecule has 0 aliphatic heterocycles. The number of rotatable bonds is 1. The lowest BCUT2D eigenvalue weighted by Gasteiger charge is -2.05. The summed E-state index contributed by atoms with van der Waals surface area (Å²) in [5, 5.41) is 1.14. The van der Waals surface area contributed by atoms with Gasteiger partial charge in [-0.25, -0.2) is 4.98 Å². The van der Waals surface area contributed by atoms with Crippen molar-refractivity contribution in [3.05, 3.63) is 65.7 Å². The van der Waals surface area contributed by atoms with Crippen molar-refractivity contribution in [2.24, 2.45) is 0 Å². The van der Waals surface area contributed by atoms with Gasteiger partial charge in [0.2, 0.25) is 0 Å². The number of hydrogen-bond donors (Lipinski definition) is 0. The molecule has 1 radical (unpaired) electrons. The molecule has 1 aromatic heterocycles. The Balaban J connectivity index is 2.18. The first-order valence-corrected chi connectivity index (χ1v) is 6.09. The van der Waals surface area contributed by atoms with Crippen molar-refractivity contribution >= 4 is 10.9 Å². The summed E-state index contributed by atoms with van der Waals surface area (Å²) in [6, 6.07) is 19.9. The Hall–Kier alpha value is -2.15. The lowest BCUT2D eigenvalue weighted by Crippen LogP contribution is -1.88. The van der Waals surface area contributed by atoms with E-state index in [1.54, 1.807) is 0 Å². The van der Waals surface area contributed by atoms with E-state index in [4.69, 9.17) is 4.98 Å². The van der Waals surface area contributed by atoms with Crippen LogP contribution in [0.5, 0.6) is 0 Å².